The van der Waals surface area contributed by atoms with Gasteiger partial charge in [-0.15, -0.1) is 0 Å². The van der Waals surface area contributed by atoms with Crippen LogP contribution in [0.25, 0.3) is 0 Å². The van der Waals surface area contributed by atoms with Crippen molar-refractivity contribution in [3.05, 3.63) is 0 Å². The zero-order chi connectivity index (χ0) is 15.1. The van der Waals surface area contributed by atoms with Gasteiger partial charge >= 0.3 is 0 Å². The van der Waals surface area contributed by atoms with Crippen molar-refractivity contribution < 1.29 is 4.79 Å². The SMILES string of the molecule is CCC1CCC(C#N)(NC(=O)CCC2CCCCC2)CC1. The van der Waals surface area contributed by atoms with Crippen molar-refractivity contribution in [2.24, 2.45) is 11.8 Å². The number of nitriles is 1. The molecule has 0 unspecified atom stereocenters. The number of nitrogens with one attached hydrogen (secondary N) is 1. The van der Waals surface area contributed by atoms with Crippen molar-refractivity contribution in [3.63, 3.8) is 0 Å². The van der Waals surface area contributed by atoms with Gasteiger partial charge in [0.1, 0.15) is 5.54 Å². The van der Waals surface area contributed by atoms with Crippen LogP contribution in [0.2, 0.25) is 0 Å². The minimum absolute atomic E-state index is 0.0945. The fourth-order valence-electron chi connectivity index (χ4n) is 3.98. The third-order valence-corrected chi connectivity index (χ3v) is 5.63. The Morgan fingerprint density at radius 3 is 2.38 bits per heavy atom. The Balaban J connectivity index is 1.76. The van der Waals surface area contributed by atoms with E-state index in [0.717, 1.165) is 43.9 Å². The fourth-order valence-corrected chi connectivity index (χ4v) is 3.98. The maximum absolute atomic E-state index is 12.2. The summed E-state index contributed by atoms with van der Waals surface area (Å²) in [5.41, 5.74) is -0.574. The van der Waals surface area contributed by atoms with Crippen LogP contribution >= 0.6 is 0 Å². The monoisotopic (exact) mass is 290 g/mol. The summed E-state index contributed by atoms with van der Waals surface area (Å²) in [6, 6.07) is 2.40. The van der Waals surface area contributed by atoms with Gasteiger partial charge in [-0.3, -0.25) is 4.79 Å². The quantitative estimate of drug-likeness (QED) is 0.819. The highest BCUT2D eigenvalue weighted by atomic mass is 16.1. The Labute approximate surface area is 129 Å². The van der Waals surface area contributed by atoms with Crippen molar-refractivity contribution in [1.29, 1.82) is 5.26 Å². The molecule has 2 rings (SSSR count). The molecule has 0 spiro atoms. The minimum Gasteiger partial charge on any atom is -0.338 e. The lowest BCUT2D eigenvalue weighted by molar-refractivity contribution is -0.123. The molecule has 21 heavy (non-hydrogen) atoms. The number of hydrogen-bond donors (Lipinski definition) is 1. The van der Waals surface area contributed by atoms with Crippen LogP contribution in [0, 0.1) is 23.2 Å². The first-order valence-electron chi connectivity index (χ1n) is 8.89. The summed E-state index contributed by atoms with van der Waals surface area (Å²) < 4.78 is 0. The third kappa shape index (κ3) is 4.73. The minimum atomic E-state index is -0.574. The molecule has 0 aromatic carbocycles. The average Bonchev–Trinajstić information content (AvgIpc) is 2.54. The van der Waals surface area contributed by atoms with Crippen LogP contribution in [-0.4, -0.2) is 11.4 Å². The lowest BCUT2D eigenvalue weighted by Gasteiger charge is -2.35. The highest BCUT2D eigenvalue weighted by Crippen LogP contribution is 2.33. The number of nitrogens with zero attached hydrogens (tertiary/aromatic N) is 1. The smallest absolute Gasteiger partial charge is 0.221 e. The second-order valence-corrected chi connectivity index (χ2v) is 7.14. The van der Waals surface area contributed by atoms with Gasteiger partial charge in [0.05, 0.1) is 6.07 Å². The average molecular weight is 290 g/mol. The second kappa shape index (κ2) is 7.82. The molecule has 0 saturated heterocycles. The van der Waals surface area contributed by atoms with Gasteiger partial charge in [0.15, 0.2) is 0 Å². The van der Waals surface area contributed by atoms with Crippen LogP contribution in [0.1, 0.15) is 84.0 Å². The summed E-state index contributed by atoms with van der Waals surface area (Å²) in [6.45, 7) is 2.22. The predicted octanol–water partition coefficient (Wildman–Crippen LogP) is 4.33. The third-order valence-electron chi connectivity index (χ3n) is 5.63. The van der Waals surface area contributed by atoms with Crippen molar-refractivity contribution in [1.82, 2.24) is 5.32 Å². The van der Waals surface area contributed by atoms with Gasteiger partial charge in [-0.2, -0.15) is 5.26 Å². The zero-order valence-electron chi connectivity index (χ0n) is 13.5. The first kappa shape index (κ1) is 16.3. The van der Waals surface area contributed by atoms with E-state index in [9.17, 15) is 10.1 Å². The van der Waals surface area contributed by atoms with Gasteiger partial charge in [-0.05, 0) is 43.9 Å². The molecule has 0 atom stereocenters. The van der Waals surface area contributed by atoms with Crippen LogP contribution in [0.4, 0.5) is 0 Å². The molecule has 2 saturated carbocycles. The normalized spacial score (nSPS) is 30.6. The predicted molar refractivity (Wildman–Crippen MR) is 84.5 cm³/mol. The summed E-state index contributed by atoms with van der Waals surface area (Å²) in [7, 11) is 0. The molecular formula is C18H30N2O. The Morgan fingerprint density at radius 2 is 1.81 bits per heavy atom. The molecule has 1 amide bonds. The largest absolute Gasteiger partial charge is 0.338 e. The number of amides is 1. The summed E-state index contributed by atoms with van der Waals surface area (Å²) in [5.74, 6) is 1.57. The number of hydrogen-bond acceptors (Lipinski definition) is 2. The number of carbonyl (C=O) groups excluding carboxylic acids is 1. The second-order valence-electron chi connectivity index (χ2n) is 7.14. The molecule has 0 aromatic rings. The molecule has 3 heteroatoms. The van der Waals surface area contributed by atoms with Crippen LogP contribution in [0.5, 0.6) is 0 Å². The number of rotatable bonds is 5. The molecule has 0 bridgehead atoms. The Hall–Kier alpha value is -1.04. The zero-order valence-corrected chi connectivity index (χ0v) is 13.5. The lowest BCUT2D eigenvalue weighted by atomic mass is 9.76. The van der Waals surface area contributed by atoms with Crippen LogP contribution < -0.4 is 5.32 Å². The maximum Gasteiger partial charge on any atom is 0.221 e. The van der Waals surface area contributed by atoms with Crippen molar-refractivity contribution >= 4 is 5.91 Å². The van der Waals surface area contributed by atoms with Gasteiger partial charge in [-0.1, -0.05) is 45.4 Å². The van der Waals surface area contributed by atoms with Gasteiger partial charge in [0.25, 0.3) is 0 Å². The molecule has 118 valence electrons. The van der Waals surface area contributed by atoms with E-state index >= 15 is 0 Å². The topological polar surface area (TPSA) is 52.9 Å². The van der Waals surface area contributed by atoms with Crippen LogP contribution in [-0.2, 0) is 4.79 Å². The summed E-state index contributed by atoms with van der Waals surface area (Å²) >= 11 is 0. The molecule has 2 fully saturated rings. The molecule has 0 aliphatic heterocycles. The van der Waals surface area contributed by atoms with Crippen LogP contribution in [0.3, 0.4) is 0 Å². The van der Waals surface area contributed by atoms with Crippen molar-refractivity contribution in [2.45, 2.75) is 89.5 Å². The Morgan fingerprint density at radius 1 is 1.14 bits per heavy atom. The highest BCUT2D eigenvalue weighted by molar-refractivity contribution is 5.77. The van der Waals surface area contributed by atoms with Crippen LogP contribution in [0.15, 0.2) is 0 Å². The first-order valence-corrected chi connectivity index (χ1v) is 8.89. The van der Waals surface area contributed by atoms with Gasteiger partial charge < -0.3 is 5.32 Å². The van der Waals surface area contributed by atoms with Crippen molar-refractivity contribution in [2.75, 3.05) is 0 Å². The standard InChI is InChI=1S/C18H30N2O/c1-2-15-10-12-18(14-19,13-11-15)20-17(21)9-8-16-6-4-3-5-7-16/h15-16H,2-13H2,1H3,(H,20,21). The highest BCUT2D eigenvalue weighted by Gasteiger charge is 2.36. The molecule has 2 aliphatic rings. The van der Waals surface area contributed by atoms with E-state index in [1.165, 1.54) is 38.5 Å². The fraction of sp³-hybridized carbons (Fsp3) is 0.889. The van der Waals surface area contributed by atoms with Crippen molar-refractivity contribution in [3.8, 4) is 6.07 Å². The lowest BCUT2D eigenvalue weighted by Crippen LogP contribution is -2.49. The first-order chi connectivity index (χ1) is 10.2. The summed E-state index contributed by atoms with van der Waals surface area (Å²) in [6.07, 6.45) is 13.2. The van der Waals surface area contributed by atoms with E-state index in [-0.39, 0.29) is 5.91 Å². The summed E-state index contributed by atoms with van der Waals surface area (Å²) in [5, 5.41) is 12.6. The van der Waals surface area contributed by atoms with Gasteiger partial charge in [-0.25, -0.2) is 0 Å². The Bertz CT molecular complexity index is 371. The molecule has 0 radical (unpaired) electrons. The molecule has 2 aliphatic carbocycles. The van der Waals surface area contributed by atoms with E-state index in [1.54, 1.807) is 0 Å². The van der Waals surface area contributed by atoms with Gasteiger partial charge in [0.2, 0.25) is 5.91 Å². The molecule has 0 heterocycles. The maximum atomic E-state index is 12.2. The van der Waals surface area contributed by atoms with E-state index < -0.39 is 5.54 Å². The van der Waals surface area contributed by atoms with E-state index in [4.69, 9.17) is 0 Å². The van der Waals surface area contributed by atoms with E-state index in [1.807, 2.05) is 0 Å². The van der Waals surface area contributed by atoms with E-state index in [0.29, 0.717) is 6.42 Å². The molecular weight excluding hydrogens is 260 g/mol. The van der Waals surface area contributed by atoms with E-state index in [2.05, 4.69) is 18.3 Å². The molecule has 1 N–H and O–H groups in total. The molecule has 3 nitrogen and oxygen atoms in total. The Kier molecular flexibility index (Phi) is 6.08. The van der Waals surface area contributed by atoms with Gasteiger partial charge in [0, 0.05) is 6.42 Å². The molecule has 0 aromatic heterocycles. The number of carbonyl (C=O) groups is 1. The summed E-state index contributed by atoms with van der Waals surface area (Å²) in [4.78, 5) is 12.2.